The first kappa shape index (κ1) is 21.1. The first-order chi connectivity index (χ1) is 15.6. The zero-order valence-corrected chi connectivity index (χ0v) is 18.1. The van der Waals surface area contributed by atoms with Gasteiger partial charge in [0.25, 0.3) is 0 Å². The predicted molar refractivity (Wildman–Crippen MR) is 127 cm³/mol. The van der Waals surface area contributed by atoms with E-state index in [-0.39, 0.29) is 0 Å². The normalized spacial score (nSPS) is 10.3. The summed E-state index contributed by atoms with van der Waals surface area (Å²) in [6.45, 7) is 4.25. The Morgan fingerprint density at radius 2 is 0.688 bits per heavy atom. The van der Waals surface area contributed by atoms with Crippen molar-refractivity contribution in [3.05, 3.63) is 115 Å². The van der Waals surface area contributed by atoms with Crippen molar-refractivity contribution in [2.45, 2.75) is 0 Å². The Hall–Kier alpha value is -4.18. The molecule has 4 nitrogen and oxygen atoms in total. The van der Waals surface area contributed by atoms with E-state index in [0.717, 1.165) is 51.2 Å². The maximum atomic E-state index is 5.90. The summed E-state index contributed by atoms with van der Waals surface area (Å²) in [7, 11) is 3.28. The molecule has 4 rings (SSSR count). The molecule has 0 saturated heterocycles. The van der Waals surface area contributed by atoms with Crippen molar-refractivity contribution in [2.24, 2.45) is 0 Å². The fourth-order valence-electron chi connectivity index (χ4n) is 3.17. The van der Waals surface area contributed by atoms with E-state index in [1.165, 1.54) is 0 Å². The zero-order valence-electron chi connectivity index (χ0n) is 18.1. The number of hydrogen-bond donors (Lipinski definition) is 0. The minimum Gasteiger partial charge on any atom is -0.497 e. The van der Waals surface area contributed by atoms with E-state index >= 15 is 0 Å². The highest BCUT2D eigenvalue weighted by molar-refractivity contribution is 5.78. The summed E-state index contributed by atoms with van der Waals surface area (Å²) < 4.78 is 22.1. The van der Waals surface area contributed by atoms with Gasteiger partial charge < -0.3 is 18.9 Å². The molecule has 160 valence electrons. The minimum atomic E-state index is 0.754. The van der Waals surface area contributed by atoms with Crippen LogP contribution in [-0.4, -0.2) is 14.2 Å². The average Bonchev–Trinajstić information content (AvgIpc) is 2.85. The first-order valence-electron chi connectivity index (χ1n) is 10.2. The fourth-order valence-corrected chi connectivity index (χ4v) is 3.17. The fraction of sp³-hybridized carbons (Fsp3) is 0.0714. The highest BCUT2D eigenvalue weighted by atomic mass is 16.5. The second-order valence-electron chi connectivity index (χ2n) is 7.08. The largest absolute Gasteiger partial charge is 0.497 e. The number of rotatable bonds is 8. The number of hydrogen-bond acceptors (Lipinski definition) is 4. The van der Waals surface area contributed by atoms with E-state index in [1.54, 1.807) is 14.2 Å². The second-order valence-corrected chi connectivity index (χ2v) is 7.08. The van der Waals surface area contributed by atoms with Gasteiger partial charge in [-0.3, -0.25) is 0 Å². The van der Waals surface area contributed by atoms with Crippen LogP contribution in [0.5, 0.6) is 34.5 Å². The lowest BCUT2D eigenvalue weighted by molar-refractivity contribution is 0.413. The summed E-state index contributed by atoms with van der Waals surface area (Å²) in [4.78, 5) is 0. The lowest BCUT2D eigenvalue weighted by Crippen LogP contribution is -1.89. The van der Waals surface area contributed by atoms with Gasteiger partial charge in [-0.2, -0.15) is 0 Å². The van der Waals surface area contributed by atoms with Gasteiger partial charge in [-0.05, 0) is 89.5 Å². The van der Waals surface area contributed by atoms with Gasteiger partial charge in [-0.15, -0.1) is 0 Å². The zero-order chi connectivity index (χ0) is 22.3. The number of methoxy groups -OCH3 is 2. The quantitative estimate of drug-likeness (QED) is 0.296. The van der Waals surface area contributed by atoms with Gasteiger partial charge in [0, 0.05) is 0 Å². The minimum absolute atomic E-state index is 0.754. The summed E-state index contributed by atoms with van der Waals surface area (Å²) in [5.74, 6) is 4.62. The van der Waals surface area contributed by atoms with Crippen LogP contribution in [0.2, 0.25) is 0 Å². The van der Waals surface area contributed by atoms with Crippen molar-refractivity contribution in [3.63, 3.8) is 0 Å². The van der Waals surface area contributed by atoms with Gasteiger partial charge in [0.15, 0.2) is 0 Å². The van der Waals surface area contributed by atoms with Crippen molar-refractivity contribution in [1.29, 1.82) is 0 Å². The van der Waals surface area contributed by atoms with Crippen LogP contribution in [0.4, 0.5) is 0 Å². The lowest BCUT2D eigenvalue weighted by atomic mass is 9.99. The van der Waals surface area contributed by atoms with Crippen molar-refractivity contribution in [2.75, 3.05) is 14.2 Å². The van der Waals surface area contributed by atoms with Crippen LogP contribution in [0.25, 0.3) is 5.57 Å². The van der Waals surface area contributed by atoms with Crippen molar-refractivity contribution in [1.82, 2.24) is 0 Å². The standard InChI is InChI=1S/C28H24O4/c1-20(21-4-8-25(9-5-21)31-27-16-12-23(29-2)13-17-27)22-6-10-26(11-7-22)32-28-18-14-24(30-3)15-19-28/h4-19H,1H2,2-3H3. The summed E-state index contributed by atoms with van der Waals surface area (Å²) >= 11 is 0. The molecule has 0 spiro atoms. The van der Waals surface area contributed by atoms with Gasteiger partial charge in [-0.25, -0.2) is 0 Å². The SMILES string of the molecule is C=C(c1ccc(Oc2ccc(OC)cc2)cc1)c1ccc(Oc2ccc(OC)cc2)cc1. The summed E-state index contributed by atoms with van der Waals surface area (Å²) in [6.07, 6.45) is 0. The van der Waals surface area contributed by atoms with Crippen LogP contribution in [0.1, 0.15) is 11.1 Å². The average molecular weight is 424 g/mol. The van der Waals surface area contributed by atoms with E-state index in [4.69, 9.17) is 18.9 Å². The highest BCUT2D eigenvalue weighted by Gasteiger charge is 2.06. The Labute approximate surface area is 188 Å². The van der Waals surface area contributed by atoms with Crippen LogP contribution in [0.3, 0.4) is 0 Å². The topological polar surface area (TPSA) is 36.9 Å². The summed E-state index contributed by atoms with van der Waals surface area (Å²) in [5, 5.41) is 0. The molecule has 0 radical (unpaired) electrons. The molecule has 4 heteroatoms. The molecular formula is C28H24O4. The third-order valence-corrected chi connectivity index (χ3v) is 5.00. The Balaban J connectivity index is 1.39. The van der Waals surface area contributed by atoms with E-state index in [0.29, 0.717) is 0 Å². The molecule has 0 aliphatic rings. The van der Waals surface area contributed by atoms with Crippen LogP contribution >= 0.6 is 0 Å². The van der Waals surface area contributed by atoms with Crippen LogP contribution < -0.4 is 18.9 Å². The third-order valence-electron chi connectivity index (χ3n) is 5.00. The maximum Gasteiger partial charge on any atom is 0.127 e. The smallest absolute Gasteiger partial charge is 0.127 e. The summed E-state index contributed by atoms with van der Waals surface area (Å²) in [6, 6.07) is 30.7. The molecule has 0 bridgehead atoms. The second kappa shape index (κ2) is 9.75. The molecule has 0 atom stereocenters. The highest BCUT2D eigenvalue weighted by Crippen LogP contribution is 2.29. The Morgan fingerprint density at radius 3 is 0.969 bits per heavy atom. The van der Waals surface area contributed by atoms with Crippen LogP contribution in [-0.2, 0) is 0 Å². The summed E-state index contributed by atoms with van der Waals surface area (Å²) in [5.41, 5.74) is 2.98. The number of benzene rings is 4. The molecule has 0 N–H and O–H groups in total. The lowest BCUT2D eigenvalue weighted by Gasteiger charge is -2.11. The molecule has 0 fully saturated rings. The predicted octanol–water partition coefficient (Wildman–Crippen LogP) is 7.35. The van der Waals surface area contributed by atoms with Crippen LogP contribution in [0.15, 0.2) is 104 Å². The van der Waals surface area contributed by atoms with Crippen molar-refractivity contribution >= 4 is 5.57 Å². The molecule has 0 heterocycles. The van der Waals surface area contributed by atoms with E-state index in [2.05, 4.69) is 6.58 Å². The van der Waals surface area contributed by atoms with Gasteiger partial charge in [0.05, 0.1) is 14.2 Å². The van der Waals surface area contributed by atoms with E-state index in [1.807, 2.05) is 97.1 Å². The molecule has 4 aromatic rings. The monoisotopic (exact) mass is 424 g/mol. The molecule has 32 heavy (non-hydrogen) atoms. The third kappa shape index (κ3) is 5.10. The molecule has 0 aliphatic heterocycles. The molecule has 4 aromatic carbocycles. The molecule has 0 amide bonds. The Morgan fingerprint density at radius 1 is 0.438 bits per heavy atom. The van der Waals surface area contributed by atoms with Gasteiger partial charge >= 0.3 is 0 Å². The van der Waals surface area contributed by atoms with Crippen molar-refractivity contribution < 1.29 is 18.9 Å². The van der Waals surface area contributed by atoms with Gasteiger partial charge in [0.1, 0.15) is 34.5 Å². The molecule has 0 aliphatic carbocycles. The van der Waals surface area contributed by atoms with Gasteiger partial charge in [-0.1, -0.05) is 30.8 Å². The Bertz CT molecular complexity index is 1070. The molecular weight excluding hydrogens is 400 g/mol. The molecule has 0 unspecified atom stereocenters. The first-order valence-corrected chi connectivity index (χ1v) is 10.2. The van der Waals surface area contributed by atoms with E-state index < -0.39 is 0 Å². The number of ether oxygens (including phenoxy) is 4. The molecule has 0 aromatic heterocycles. The van der Waals surface area contributed by atoms with Gasteiger partial charge in [0.2, 0.25) is 0 Å². The van der Waals surface area contributed by atoms with E-state index in [9.17, 15) is 0 Å². The Kier molecular flexibility index (Phi) is 6.42. The molecule has 0 saturated carbocycles. The maximum absolute atomic E-state index is 5.90. The van der Waals surface area contributed by atoms with Crippen LogP contribution in [0, 0.1) is 0 Å². The van der Waals surface area contributed by atoms with Crippen molar-refractivity contribution in [3.8, 4) is 34.5 Å².